The summed E-state index contributed by atoms with van der Waals surface area (Å²) in [4.78, 5) is -0.114. The average Bonchev–Trinajstić information content (AvgIpc) is 2.79. The Morgan fingerprint density at radius 2 is 2.00 bits per heavy atom. The quantitative estimate of drug-likeness (QED) is 0.882. The molecule has 0 spiro atoms. The maximum Gasteiger partial charge on any atom is 0.416 e. The Morgan fingerprint density at radius 1 is 1.33 bits per heavy atom. The minimum atomic E-state index is -4.48. The fraction of sp³-hybridized carbons (Fsp3) is 0.500. The summed E-state index contributed by atoms with van der Waals surface area (Å²) in [5, 5.41) is 3.01. The van der Waals surface area contributed by atoms with Gasteiger partial charge in [0, 0.05) is 12.6 Å². The number of hydrogen-bond donors (Lipinski definition) is 2. The molecule has 1 fully saturated rings. The number of sulfonamides is 1. The Morgan fingerprint density at radius 3 is 2.48 bits per heavy atom. The molecule has 0 amide bonds. The highest BCUT2D eigenvalue weighted by Crippen LogP contribution is 2.31. The van der Waals surface area contributed by atoms with Crippen molar-refractivity contribution in [2.24, 2.45) is 0 Å². The Labute approximate surface area is 127 Å². The van der Waals surface area contributed by atoms with Gasteiger partial charge in [-0.25, -0.2) is 13.1 Å². The molecule has 120 valence electrons. The van der Waals surface area contributed by atoms with Crippen molar-refractivity contribution in [3.05, 3.63) is 29.3 Å². The molecule has 1 heterocycles. The van der Waals surface area contributed by atoms with Gasteiger partial charge < -0.3 is 5.32 Å². The van der Waals surface area contributed by atoms with E-state index in [0.29, 0.717) is 13.0 Å². The smallest absolute Gasteiger partial charge is 0.315 e. The van der Waals surface area contributed by atoms with Crippen molar-refractivity contribution < 1.29 is 21.6 Å². The van der Waals surface area contributed by atoms with Gasteiger partial charge in [0.05, 0.1) is 10.5 Å². The van der Waals surface area contributed by atoms with Gasteiger partial charge in [-0.15, -0.1) is 12.4 Å². The molecule has 0 saturated carbocycles. The summed E-state index contributed by atoms with van der Waals surface area (Å²) in [6, 6.07) is 2.42. The third-order valence-corrected chi connectivity index (χ3v) is 4.85. The summed E-state index contributed by atoms with van der Waals surface area (Å²) >= 11 is 0. The van der Waals surface area contributed by atoms with Gasteiger partial charge in [0.15, 0.2) is 0 Å². The molecule has 21 heavy (non-hydrogen) atoms. The standard InChI is InChI=1S/C12H15F3N2O2S.ClH/c1-8-6-9(12(13,14)15)2-3-11(8)20(18,19)17-10-4-5-16-7-10;/h2-3,6,10,16-17H,4-5,7H2,1H3;1H. The topological polar surface area (TPSA) is 58.2 Å². The second-order valence-corrected chi connectivity index (χ2v) is 6.47. The molecule has 1 unspecified atom stereocenters. The molecule has 1 aromatic carbocycles. The number of hydrogen-bond acceptors (Lipinski definition) is 3. The predicted octanol–water partition coefficient (Wildman–Crippen LogP) is 2.08. The van der Waals surface area contributed by atoms with Crippen LogP contribution in [0.1, 0.15) is 17.5 Å². The van der Waals surface area contributed by atoms with Crippen molar-refractivity contribution in [3.8, 4) is 0 Å². The SMILES string of the molecule is Cc1cc(C(F)(F)F)ccc1S(=O)(=O)NC1CCNC1.Cl. The number of nitrogens with one attached hydrogen (secondary N) is 2. The Hall–Kier alpha value is -0.830. The third-order valence-electron chi connectivity index (χ3n) is 3.17. The first-order valence-corrected chi connectivity index (χ1v) is 7.59. The van der Waals surface area contributed by atoms with Crippen LogP contribution in [0.15, 0.2) is 23.1 Å². The fourth-order valence-electron chi connectivity index (χ4n) is 2.17. The van der Waals surface area contributed by atoms with E-state index in [4.69, 9.17) is 0 Å². The third kappa shape index (κ3) is 4.32. The molecular formula is C12H16ClF3N2O2S. The molecule has 1 aromatic rings. The van der Waals surface area contributed by atoms with Crippen molar-refractivity contribution in [3.63, 3.8) is 0 Å². The molecule has 1 aliphatic rings. The second kappa shape index (κ2) is 6.51. The van der Waals surface area contributed by atoms with Crippen molar-refractivity contribution in [2.75, 3.05) is 13.1 Å². The van der Waals surface area contributed by atoms with Gasteiger partial charge in [-0.1, -0.05) is 0 Å². The lowest BCUT2D eigenvalue weighted by Crippen LogP contribution is -2.36. The number of rotatable bonds is 3. The van der Waals surface area contributed by atoms with E-state index < -0.39 is 21.8 Å². The van der Waals surface area contributed by atoms with Gasteiger partial charge in [0.1, 0.15) is 0 Å². The molecule has 0 aromatic heterocycles. The van der Waals surface area contributed by atoms with E-state index in [2.05, 4.69) is 10.0 Å². The minimum Gasteiger partial charge on any atom is -0.315 e. The van der Waals surface area contributed by atoms with Crippen LogP contribution in [-0.2, 0) is 16.2 Å². The number of alkyl halides is 3. The molecule has 0 bridgehead atoms. The van der Waals surface area contributed by atoms with Gasteiger partial charge in [0.25, 0.3) is 0 Å². The second-order valence-electron chi connectivity index (χ2n) is 4.79. The van der Waals surface area contributed by atoms with Crippen LogP contribution < -0.4 is 10.0 Å². The first-order valence-electron chi connectivity index (χ1n) is 6.11. The summed E-state index contributed by atoms with van der Waals surface area (Å²) in [6.07, 6.45) is -3.81. The van der Waals surface area contributed by atoms with Gasteiger partial charge in [-0.05, 0) is 43.7 Å². The highest BCUT2D eigenvalue weighted by atomic mass is 35.5. The number of benzene rings is 1. The fourth-order valence-corrected chi connectivity index (χ4v) is 3.66. The number of halogens is 4. The average molecular weight is 345 g/mol. The highest BCUT2D eigenvalue weighted by Gasteiger charge is 2.32. The molecule has 4 nitrogen and oxygen atoms in total. The minimum absolute atomic E-state index is 0. The van der Waals surface area contributed by atoms with Crippen LogP contribution in [0.3, 0.4) is 0 Å². The molecule has 0 radical (unpaired) electrons. The maximum absolute atomic E-state index is 12.6. The predicted molar refractivity (Wildman–Crippen MR) is 75.0 cm³/mol. The van der Waals surface area contributed by atoms with E-state index in [1.54, 1.807) is 0 Å². The summed E-state index contributed by atoms with van der Waals surface area (Å²) in [6.45, 7) is 2.61. The molecule has 0 aliphatic carbocycles. The van der Waals surface area contributed by atoms with E-state index in [1.165, 1.54) is 6.92 Å². The molecule has 1 saturated heterocycles. The zero-order chi connectivity index (χ0) is 15.0. The summed E-state index contributed by atoms with van der Waals surface area (Å²) < 4.78 is 64.4. The van der Waals surface area contributed by atoms with Crippen LogP contribution in [-0.4, -0.2) is 27.5 Å². The van der Waals surface area contributed by atoms with Crippen molar-refractivity contribution in [1.29, 1.82) is 0 Å². The Balaban J connectivity index is 0.00000220. The molecular weight excluding hydrogens is 329 g/mol. The first-order chi connectivity index (χ1) is 9.20. The van der Waals surface area contributed by atoms with Gasteiger partial charge >= 0.3 is 6.18 Å². The lowest BCUT2D eigenvalue weighted by molar-refractivity contribution is -0.137. The van der Waals surface area contributed by atoms with Crippen molar-refractivity contribution in [2.45, 2.75) is 30.5 Å². The van der Waals surface area contributed by atoms with Crippen molar-refractivity contribution >= 4 is 22.4 Å². The van der Waals surface area contributed by atoms with E-state index >= 15 is 0 Å². The Bertz CT molecular complexity index is 599. The van der Waals surface area contributed by atoms with Crippen LogP contribution in [0.2, 0.25) is 0 Å². The van der Waals surface area contributed by atoms with E-state index in [9.17, 15) is 21.6 Å². The number of aryl methyl sites for hydroxylation is 1. The Kier molecular flexibility index (Phi) is 5.65. The van der Waals surface area contributed by atoms with E-state index in [1.807, 2.05) is 0 Å². The largest absolute Gasteiger partial charge is 0.416 e. The summed E-state index contributed by atoms with van der Waals surface area (Å²) in [5.74, 6) is 0. The van der Waals surface area contributed by atoms with Crippen LogP contribution in [0, 0.1) is 6.92 Å². The van der Waals surface area contributed by atoms with Gasteiger partial charge in [-0.3, -0.25) is 0 Å². The normalized spacial score (nSPS) is 19.3. The molecule has 2 N–H and O–H groups in total. The van der Waals surface area contributed by atoms with E-state index in [-0.39, 0.29) is 28.9 Å². The zero-order valence-corrected chi connectivity index (χ0v) is 12.8. The molecule has 1 aliphatic heterocycles. The van der Waals surface area contributed by atoms with Gasteiger partial charge in [0.2, 0.25) is 10.0 Å². The van der Waals surface area contributed by atoms with Crippen LogP contribution >= 0.6 is 12.4 Å². The maximum atomic E-state index is 12.6. The van der Waals surface area contributed by atoms with Crippen LogP contribution in [0.4, 0.5) is 13.2 Å². The molecule has 1 atom stereocenters. The zero-order valence-electron chi connectivity index (χ0n) is 11.2. The lowest BCUT2D eigenvalue weighted by atomic mass is 10.1. The first kappa shape index (κ1) is 18.2. The van der Waals surface area contributed by atoms with Crippen LogP contribution in [0.5, 0.6) is 0 Å². The monoisotopic (exact) mass is 344 g/mol. The highest BCUT2D eigenvalue weighted by molar-refractivity contribution is 7.89. The summed E-state index contributed by atoms with van der Waals surface area (Å²) in [5.41, 5.74) is -0.769. The molecule has 9 heteroatoms. The van der Waals surface area contributed by atoms with E-state index in [0.717, 1.165) is 24.7 Å². The summed E-state index contributed by atoms with van der Waals surface area (Å²) in [7, 11) is -3.79. The van der Waals surface area contributed by atoms with Crippen molar-refractivity contribution in [1.82, 2.24) is 10.0 Å². The molecule has 2 rings (SSSR count). The van der Waals surface area contributed by atoms with Gasteiger partial charge in [-0.2, -0.15) is 13.2 Å². The lowest BCUT2D eigenvalue weighted by Gasteiger charge is -2.15. The van der Waals surface area contributed by atoms with Crippen LogP contribution in [0.25, 0.3) is 0 Å².